The lowest BCUT2D eigenvalue weighted by atomic mass is 10.2. The Bertz CT molecular complexity index is 1000. The molecule has 0 radical (unpaired) electrons. The molecule has 2 aromatic carbocycles. The highest BCUT2D eigenvalue weighted by Crippen LogP contribution is 2.20. The Hall–Kier alpha value is -2.93. The molecule has 0 bridgehead atoms. The maximum atomic E-state index is 12.4. The van der Waals surface area contributed by atoms with E-state index in [9.17, 15) is 15.0 Å². The topological polar surface area (TPSA) is 90.6 Å². The van der Waals surface area contributed by atoms with Crippen LogP contribution in [0.3, 0.4) is 0 Å². The molecule has 3 rings (SSSR count). The summed E-state index contributed by atoms with van der Waals surface area (Å²) in [6, 6.07) is 11.1. The van der Waals surface area contributed by atoms with E-state index in [1.165, 1.54) is 24.4 Å². The Labute approximate surface area is 129 Å². The number of fused-ring (bicyclic) bond motifs is 1. The van der Waals surface area contributed by atoms with E-state index >= 15 is 0 Å². The number of hydrogen-bond donors (Lipinski definition) is 3. The number of nitrogens with zero attached hydrogens (tertiary/aromatic N) is 2. The molecule has 0 saturated heterocycles. The number of phenols is 2. The molecule has 0 atom stereocenters. The van der Waals surface area contributed by atoms with Crippen LogP contribution in [0.5, 0.6) is 11.5 Å². The van der Waals surface area contributed by atoms with Gasteiger partial charge in [-0.05, 0) is 36.5 Å². The maximum absolute atomic E-state index is 12.4. The smallest absolute Gasteiger partial charge is 0.282 e. The number of nitrogens with one attached hydrogen (secondary N) is 1. The third-order valence-electron chi connectivity index (χ3n) is 3.11. The van der Waals surface area contributed by atoms with Gasteiger partial charge in [0, 0.05) is 11.6 Å². The van der Waals surface area contributed by atoms with Crippen LogP contribution in [0.1, 0.15) is 5.56 Å². The molecule has 3 N–H and O–H groups in total. The van der Waals surface area contributed by atoms with Crippen molar-refractivity contribution < 1.29 is 10.2 Å². The fraction of sp³-hybridized carbons (Fsp3) is 0. The number of para-hydroxylation sites is 1. The van der Waals surface area contributed by atoms with Gasteiger partial charge < -0.3 is 15.2 Å². The monoisotopic (exact) mass is 313 g/mol. The van der Waals surface area contributed by atoms with Gasteiger partial charge in [-0.3, -0.25) is 4.79 Å². The molecule has 3 aromatic rings. The van der Waals surface area contributed by atoms with E-state index in [1.807, 2.05) is 0 Å². The molecule has 22 heavy (non-hydrogen) atoms. The molecule has 1 heterocycles. The predicted octanol–water partition coefficient (Wildman–Crippen LogP) is 2.35. The minimum Gasteiger partial charge on any atom is -0.508 e. The van der Waals surface area contributed by atoms with E-state index in [0.717, 1.165) is 4.68 Å². The SMILES string of the molecule is O=c1c2ccccc2[nH]c(=S)n1/N=C/c1ccc(O)cc1O. The van der Waals surface area contributed by atoms with Crippen LogP contribution in [0, 0.1) is 4.77 Å². The normalized spacial score (nSPS) is 11.3. The van der Waals surface area contributed by atoms with E-state index in [4.69, 9.17) is 12.2 Å². The highest BCUT2D eigenvalue weighted by Gasteiger charge is 2.04. The van der Waals surface area contributed by atoms with Crippen molar-refractivity contribution in [2.45, 2.75) is 0 Å². The predicted molar refractivity (Wildman–Crippen MR) is 86.2 cm³/mol. The molecule has 0 aliphatic carbocycles. The number of hydrogen-bond acceptors (Lipinski definition) is 5. The summed E-state index contributed by atoms with van der Waals surface area (Å²) < 4.78 is 1.20. The lowest BCUT2D eigenvalue weighted by Crippen LogP contribution is -2.18. The summed E-state index contributed by atoms with van der Waals surface area (Å²) in [5.41, 5.74) is 0.637. The van der Waals surface area contributed by atoms with Gasteiger partial charge in [-0.1, -0.05) is 12.1 Å². The second kappa shape index (κ2) is 5.45. The first-order valence-electron chi connectivity index (χ1n) is 6.36. The summed E-state index contributed by atoms with van der Waals surface area (Å²) >= 11 is 5.13. The largest absolute Gasteiger partial charge is 0.508 e. The van der Waals surface area contributed by atoms with Gasteiger partial charge in [-0.15, -0.1) is 0 Å². The van der Waals surface area contributed by atoms with Gasteiger partial charge in [-0.25, -0.2) is 0 Å². The summed E-state index contributed by atoms with van der Waals surface area (Å²) in [5, 5.41) is 23.4. The van der Waals surface area contributed by atoms with Crippen LogP contribution in [0.15, 0.2) is 52.4 Å². The van der Waals surface area contributed by atoms with Crippen molar-refractivity contribution in [2.75, 3.05) is 0 Å². The molecule has 0 fully saturated rings. The van der Waals surface area contributed by atoms with Gasteiger partial charge in [0.05, 0.1) is 17.1 Å². The van der Waals surface area contributed by atoms with Gasteiger partial charge in [0.1, 0.15) is 11.5 Å². The average molecular weight is 313 g/mol. The van der Waals surface area contributed by atoms with Crippen molar-refractivity contribution in [1.82, 2.24) is 9.66 Å². The summed E-state index contributed by atoms with van der Waals surface area (Å²) in [6.07, 6.45) is 1.30. The molecule has 0 aliphatic heterocycles. The third kappa shape index (κ3) is 2.49. The van der Waals surface area contributed by atoms with E-state index < -0.39 is 0 Å². The first-order valence-corrected chi connectivity index (χ1v) is 6.77. The molecule has 0 amide bonds. The molecule has 110 valence electrons. The molecule has 0 saturated carbocycles. The van der Waals surface area contributed by atoms with Gasteiger partial charge in [-0.2, -0.15) is 9.78 Å². The number of benzene rings is 2. The second-order valence-corrected chi connectivity index (χ2v) is 4.97. The van der Waals surface area contributed by atoms with Crippen molar-refractivity contribution in [3.05, 3.63) is 63.2 Å². The van der Waals surface area contributed by atoms with Crippen molar-refractivity contribution in [3.8, 4) is 11.5 Å². The van der Waals surface area contributed by atoms with Crippen molar-refractivity contribution in [2.24, 2.45) is 5.10 Å². The average Bonchev–Trinajstić information content (AvgIpc) is 2.49. The Kier molecular flexibility index (Phi) is 3.48. The Morgan fingerprint density at radius 3 is 2.73 bits per heavy atom. The van der Waals surface area contributed by atoms with Crippen molar-refractivity contribution in [1.29, 1.82) is 0 Å². The van der Waals surface area contributed by atoms with Crippen LogP contribution in [0.4, 0.5) is 0 Å². The molecule has 7 heteroatoms. The zero-order chi connectivity index (χ0) is 15.7. The third-order valence-corrected chi connectivity index (χ3v) is 3.39. The highest BCUT2D eigenvalue weighted by molar-refractivity contribution is 7.71. The van der Waals surface area contributed by atoms with Crippen molar-refractivity contribution in [3.63, 3.8) is 0 Å². The highest BCUT2D eigenvalue weighted by atomic mass is 32.1. The van der Waals surface area contributed by atoms with E-state index in [-0.39, 0.29) is 21.8 Å². The number of H-pyrrole nitrogens is 1. The molecule has 0 unspecified atom stereocenters. The number of aromatic amines is 1. The zero-order valence-corrected chi connectivity index (χ0v) is 12.0. The molecular formula is C15H11N3O3S. The fourth-order valence-electron chi connectivity index (χ4n) is 2.02. The zero-order valence-electron chi connectivity index (χ0n) is 11.2. The number of aromatic nitrogens is 2. The minimum absolute atomic E-state index is 0.0604. The molecule has 1 aromatic heterocycles. The summed E-state index contributed by atoms with van der Waals surface area (Å²) in [4.78, 5) is 15.3. The quantitative estimate of drug-likeness (QED) is 0.500. The van der Waals surface area contributed by atoms with Gasteiger partial charge in [0.25, 0.3) is 5.56 Å². The Balaban J connectivity index is 2.13. The Morgan fingerprint density at radius 2 is 1.95 bits per heavy atom. The summed E-state index contributed by atoms with van der Waals surface area (Å²) in [5.74, 6) is -0.206. The van der Waals surface area contributed by atoms with Gasteiger partial charge in [0.2, 0.25) is 4.77 Å². The number of phenolic OH excluding ortho intramolecular Hbond substituents is 2. The van der Waals surface area contributed by atoms with Crippen LogP contribution in [-0.2, 0) is 0 Å². The van der Waals surface area contributed by atoms with E-state index in [1.54, 1.807) is 24.3 Å². The molecule has 6 nitrogen and oxygen atoms in total. The first-order chi connectivity index (χ1) is 10.6. The lowest BCUT2D eigenvalue weighted by Gasteiger charge is -2.03. The van der Waals surface area contributed by atoms with Crippen LogP contribution in [0.25, 0.3) is 10.9 Å². The molecular weight excluding hydrogens is 302 g/mol. The van der Waals surface area contributed by atoms with E-state index in [2.05, 4.69) is 10.1 Å². The first kappa shape index (κ1) is 14.0. The number of rotatable bonds is 2. The standard InChI is InChI=1S/C15H11N3O3S/c19-10-6-5-9(13(20)7-10)8-16-18-14(21)11-3-1-2-4-12(11)17-15(18)22/h1-8,19-20H,(H,17,22)/b16-8+. The lowest BCUT2D eigenvalue weighted by molar-refractivity contribution is 0.450. The molecule has 0 spiro atoms. The second-order valence-electron chi connectivity index (χ2n) is 4.58. The van der Waals surface area contributed by atoms with E-state index in [0.29, 0.717) is 16.5 Å². The van der Waals surface area contributed by atoms with Crippen LogP contribution >= 0.6 is 12.2 Å². The van der Waals surface area contributed by atoms with Crippen LogP contribution in [0.2, 0.25) is 0 Å². The van der Waals surface area contributed by atoms with Crippen LogP contribution < -0.4 is 5.56 Å². The van der Waals surface area contributed by atoms with Gasteiger partial charge >= 0.3 is 0 Å². The van der Waals surface area contributed by atoms with Gasteiger partial charge in [0.15, 0.2) is 0 Å². The Morgan fingerprint density at radius 1 is 1.18 bits per heavy atom. The van der Waals surface area contributed by atoms with Crippen molar-refractivity contribution >= 4 is 29.3 Å². The fourth-order valence-corrected chi connectivity index (χ4v) is 2.26. The summed E-state index contributed by atoms with van der Waals surface area (Å²) in [6.45, 7) is 0. The molecule has 0 aliphatic rings. The number of aromatic hydroxyl groups is 2. The minimum atomic E-state index is -0.353. The summed E-state index contributed by atoms with van der Waals surface area (Å²) in [7, 11) is 0. The maximum Gasteiger partial charge on any atom is 0.282 e. The van der Waals surface area contributed by atoms with Crippen LogP contribution in [-0.4, -0.2) is 26.1 Å².